The van der Waals surface area contributed by atoms with E-state index in [9.17, 15) is 18.0 Å². The van der Waals surface area contributed by atoms with Crippen molar-refractivity contribution in [2.24, 2.45) is 0 Å². The molecular formula is C14H11F3N4O. The van der Waals surface area contributed by atoms with E-state index in [-0.39, 0.29) is 17.2 Å². The number of nitrogens with zero attached hydrogens (tertiary/aromatic N) is 2. The van der Waals surface area contributed by atoms with E-state index >= 15 is 0 Å². The van der Waals surface area contributed by atoms with Crippen molar-refractivity contribution in [3.63, 3.8) is 0 Å². The fraction of sp³-hybridized carbons (Fsp3) is 0.0714. The van der Waals surface area contributed by atoms with Crippen molar-refractivity contribution in [1.29, 1.82) is 0 Å². The first kappa shape index (κ1) is 15.5. The van der Waals surface area contributed by atoms with E-state index < -0.39 is 23.4 Å². The summed E-state index contributed by atoms with van der Waals surface area (Å²) in [5, 5.41) is 4.93. The van der Waals surface area contributed by atoms with Crippen LogP contribution < -0.4 is 10.6 Å². The highest BCUT2D eigenvalue weighted by molar-refractivity contribution is 5.93. The number of hydrogen-bond acceptors (Lipinski definition) is 4. The van der Waals surface area contributed by atoms with Crippen LogP contribution in [-0.2, 0) is 0 Å². The third-order valence-electron chi connectivity index (χ3n) is 2.60. The van der Waals surface area contributed by atoms with Crippen LogP contribution in [0.5, 0.6) is 0 Å². The second-order valence-electron chi connectivity index (χ2n) is 4.14. The lowest BCUT2D eigenvalue weighted by Gasteiger charge is -2.07. The topological polar surface area (TPSA) is 66.9 Å². The predicted molar refractivity (Wildman–Crippen MR) is 74.2 cm³/mol. The minimum Gasteiger partial charge on any atom is -0.348 e. The highest BCUT2D eigenvalue weighted by atomic mass is 19.2. The number of benzene rings is 1. The van der Waals surface area contributed by atoms with Crippen LogP contribution in [0.3, 0.4) is 0 Å². The molecule has 0 aliphatic heterocycles. The van der Waals surface area contributed by atoms with Crippen molar-refractivity contribution in [1.82, 2.24) is 15.3 Å². The molecule has 8 heteroatoms. The van der Waals surface area contributed by atoms with Crippen LogP contribution in [0.4, 0.5) is 24.8 Å². The summed E-state index contributed by atoms with van der Waals surface area (Å²) in [6.45, 7) is 3.75. The Hall–Kier alpha value is -2.90. The average Bonchev–Trinajstić information content (AvgIpc) is 2.54. The monoisotopic (exact) mass is 308 g/mol. The second-order valence-corrected chi connectivity index (χ2v) is 4.14. The first-order valence-electron chi connectivity index (χ1n) is 6.14. The molecule has 2 aromatic rings. The van der Waals surface area contributed by atoms with Gasteiger partial charge in [-0.2, -0.15) is 0 Å². The quantitative estimate of drug-likeness (QED) is 0.658. The van der Waals surface area contributed by atoms with Crippen LogP contribution in [0.25, 0.3) is 0 Å². The summed E-state index contributed by atoms with van der Waals surface area (Å²) < 4.78 is 39.4. The summed E-state index contributed by atoms with van der Waals surface area (Å²) in [4.78, 5) is 19.2. The molecule has 2 N–H and O–H groups in total. The van der Waals surface area contributed by atoms with Crippen LogP contribution in [0.2, 0.25) is 0 Å². The van der Waals surface area contributed by atoms with Gasteiger partial charge >= 0.3 is 0 Å². The van der Waals surface area contributed by atoms with Crippen LogP contribution in [0.15, 0.2) is 37.2 Å². The second kappa shape index (κ2) is 6.70. The highest BCUT2D eigenvalue weighted by Gasteiger charge is 2.14. The van der Waals surface area contributed by atoms with Crippen molar-refractivity contribution < 1.29 is 18.0 Å². The fourth-order valence-corrected chi connectivity index (χ4v) is 1.52. The smallest absolute Gasteiger partial charge is 0.254 e. The Morgan fingerprint density at radius 2 is 1.86 bits per heavy atom. The first-order chi connectivity index (χ1) is 10.5. The maximum absolute atomic E-state index is 13.5. The average molecular weight is 308 g/mol. The van der Waals surface area contributed by atoms with E-state index in [1.165, 1.54) is 18.5 Å². The number of carbonyl (C=O) groups is 1. The standard InChI is InChI=1S/C14H11F3N4O/c1-2-5-18-13(22)8-6-19-14(20-7-8)21-10-4-3-9(15)11(16)12(10)17/h2-4,6-7H,1,5H2,(H,18,22)(H,19,20,21). The lowest BCUT2D eigenvalue weighted by molar-refractivity contribution is 0.0957. The van der Waals surface area contributed by atoms with E-state index in [4.69, 9.17) is 0 Å². The molecule has 0 aliphatic carbocycles. The molecule has 1 aromatic carbocycles. The van der Waals surface area contributed by atoms with Crippen LogP contribution >= 0.6 is 0 Å². The van der Waals surface area contributed by atoms with E-state index in [1.807, 2.05) is 0 Å². The number of halogens is 3. The molecule has 1 amide bonds. The molecule has 5 nitrogen and oxygen atoms in total. The molecule has 0 saturated heterocycles. The summed E-state index contributed by atoms with van der Waals surface area (Å²) >= 11 is 0. The number of amides is 1. The number of carbonyl (C=O) groups excluding carboxylic acids is 1. The van der Waals surface area contributed by atoms with Gasteiger partial charge in [-0.25, -0.2) is 23.1 Å². The van der Waals surface area contributed by atoms with Gasteiger partial charge in [-0.1, -0.05) is 6.08 Å². The van der Waals surface area contributed by atoms with Gasteiger partial charge in [-0.3, -0.25) is 4.79 Å². The van der Waals surface area contributed by atoms with Crippen molar-refractivity contribution in [2.75, 3.05) is 11.9 Å². The largest absolute Gasteiger partial charge is 0.348 e. The van der Waals surface area contributed by atoms with Crippen LogP contribution in [-0.4, -0.2) is 22.4 Å². The minimum atomic E-state index is -1.59. The van der Waals surface area contributed by atoms with Gasteiger partial charge in [-0.05, 0) is 12.1 Å². The van der Waals surface area contributed by atoms with Gasteiger partial charge < -0.3 is 10.6 Å². The lowest BCUT2D eigenvalue weighted by Crippen LogP contribution is -2.23. The van der Waals surface area contributed by atoms with E-state index in [1.54, 1.807) is 0 Å². The summed E-state index contributed by atoms with van der Waals surface area (Å²) in [6, 6.07) is 1.79. The molecule has 22 heavy (non-hydrogen) atoms. The Labute approximate surface area is 123 Å². The molecule has 0 fully saturated rings. The molecule has 114 valence electrons. The Bertz CT molecular complexity index is 704. The molecule has 2 rings (SSSR count). The lowest BCUT2D eigenvalue weighted by atomic mass is 10.3. The molecule has 0 radical (unpaired) electrons. The first-order valence-corrected chi connectivity index (χ1v) is 6.14. The Kier molecular flexibility index (Phi) is 4.72. The van der Waals surface area contributed by atoms with Crippen molar-refractivity contribution in [3.05, 3.63) is 60.2 Å². The zero-order valence-corrected chi connectivity index (χ0v) is 11.2. The van der Waals surface area contributed by atoms with Gasteiger partial charge in [0.05, 0.1) is 11.3 Å². The van der Waals surface area contributed by atoms with Gasteiger partial charge in [-0.15, -0.1) is 6.58 Å². The van der Waals surface area contributed by atoms with Gasteiger partial charge in [0.15, 0.2) is 17.5 Å². The van der Waals surface area contributed by atoms with E-state index in [0.717, 1.165) is 12.1 Å². The zero-order valence-electron chi connectivity index (χ0n) is 11.2. The summed E-state index contributed by atoms with van der Waals surface area (Å²) in [5.74, 6) is -4.73. The Balaban J connectivity index is 2.13. The minimum absolute atomic E-state index is 0.0646. The normalized spacial score (nSPS) is 10.1. The summed E-state index contributed by atoms with van der Waals surface area (Å²) in [5.41, 5.74) is -0.124. The molecule has 0 saturated carbocycles. The predicted octanol–water partition coefficient (Wildman–Crippen LogP) is 2.55. The maximum atomic E-state index is 13.5. The zero-order chi connectivity index (χ0) is 16.1. The Morgan fingerprint density at radius 1 is 1.18 bits per heavy atom. The summed E-state index contributed by atoms with van der Waals surface area (Å²) in [7, 11) is 0. The number of anilines is 2. The number of nitrogens with one attached hydrogen (secondary N) is 2. The SMILES string of the molecule is C=CCNC(=O)c1cnc(Nc2ccc(F)c(F)c2F)nc1. The molecule has 1 heterocycles. The molecule has 0 spiro atoms. The van der Waals surface area contributed by atoms with E-state index in [0.29, 0.717) is 6.54 Å². The van der Waals surface area contributed by atoms with Gasteiger partial charge in [0, 0.05) is 18.9 Å². The molecular weight excluding hydrogens is 297 g/mol. The maximum Gasteiger partial charge on any atom is 0.254 e. The third kappa shape index (κ3) is 3.40. The molecule has 0 aliphatic rings. The van der Waals surface area contributed by atoms with Gasteiger partial charge in [0.2, 0.25) is 5.95 Å². The number of rotatable bonds is 5. The van der Waals surface area contributed by atoms with Crippen molar-refractivity contribution >= 4 is 17.5 Å². The molecule has 0 bridgehead atoms. The highest BCUT2D eigenvalue weighted by Crippen LogP contribution is 2.21. The fourth-order valence-electron chi connectivity index (χ4n) is 1.52. The van der Waals surface area contributed by atoms with Crippen LogP contribution in [0.1, 0.15) is 10.4 Å². The number of hydrogen-bond donors (Lipinski definition) is 2. The number of aromatic nitrogens is 2. The van der Waals surface area contributed by atoms with E-state index in [2.05, 4.69) is 27.2 Å². The van der Waals surface area contributed by atoms with Crippen molar-refractivity contribution in [2.45, 2.75) is 0 Å². The molecule has 1 aromatic heterocycles. The van der Waals surface area contributed by atoms with Gasteiger partial charge in [0.25, 0.3) is 5.91 Å². The third-order valence-corrected chi connectivity index (χ3v) is 2.60. The van der Waals surface area contributed by atoms with Gasteiger partial charge in [0.1, 0.15) is 0 Å². The summed E-state index contributed by atoms with van der Waals surface area (Å²) in [6.07, 6.45) is 3.94. The van der Waals surface area contributed by atoms with Crippen molar-refractivity contribution in [3.8, 4) is 0 Å². The van der Waals surface area contributed by atoms with Crippen LogP contribution in [0, 0.1) is 17.5 Å². The Morgan fingerprint density at radius 3 is 2.50 bits per heavy atom. The molecule has 0 atom stereocenters. The molecule has 0 unspecified atom stereocenters.